The predicted octanol–water partition coefficient (Wildman–Crippen LogP) is 12.8. The third-order valence-electron chi connectivity index (χ3n) is 9.85. The van der Waals surface area contributed by atoms with E-state index in [1.54, 1.807) is 0 Å². The number of aliphatic hydroxyl groups excluding tert-OH is 2. The minimum Gasteiger partial charge on any atom is -0.395 e. The zero-order valence-electron chi connectivity index (χ0n) is 35.8. The molecule has 2 N–H and O–H groups in total. The van der Waals surface area contributed by atoms with Crippen LogP contribution in [0.5, 0.6) is 0 Å². The first kappa shape index (κ1) is 52.8. The lowest BCUT2D eigenvalue weighted by Gasteiger charge is -2.29. The summed E-state index contributed by atoms with van der Waals surface area (Å²) >= 11 is 2.06. The van der Waals surface area contributed by atoms with Crippen molar-refractivity contribution < 1.29 is 23.8 Å². The number of ether oxygens (including phenoxy) is 1. The molecule has 0 aliphatic carbocycles. The molecule has 0 saturated carbocycles. The Bertz CT molecular complexity index is 765. The van der Waals surface area contributed by atoms with Crippen molar-refractivity contribution in [3.63, 3.8) is 0 Å². The summed E-state index contributed by atoms with van der Waals surface area (Å²) in [5, 5.41) is 18.4. The van der Waals surface area contributed by atoms with E-state index in [0.717, 1.165) is 70.5 Å². The van der Waals surface area contributed by atoms with Crippen LogP contribution >= 0.6 is 11.8 Å². The summed E-state index contributed by atoms with van der Waals surface area (Å²) in [6, 6.07) is 0. The van der Waals surface area contributed by atoms with Crippen molar-refractivity contribution in [2.75, 3.05) is 57.6 Å². The van der Waals surface area contributed by atoms with Gasteiger partial charge in [0.1, 0.15) is 6.29 Å². The first-order valence-corrected chi connectivity index (χ1v) is 26.7. The van der Waals surface area contributed by atoms with E-state index in [1.165, 1.54) is 134 Å². The monoisotopic (exact) mass is 786 g/mol. The molecule has 0 aromatic carbocycles. The molecule has 0 aliphatic rings. The van der Waals surface area contributed by atoms with E-state index in [-0.39, 0.29) is 19.5 Å². The molecule has 53 heavy (non-hydrogen) atoms. The Kier molecular flexibility index (Phi) is 42.8. The lowest BCUT2D eigenvalue weighted by atomic mass is 10.1. The fourth-order valence-corrected chi connectivity index (χ4v) is 9.03. The van der Waals surface area contributed by atoms with Crippen molar-refractivity contribution in [1.29, 1.82) is 0 Å². The Balaban J connectivity index is 4.33. The van der Waals surface area contributed by atoms with Crippen LogP contribution in [0.15, 0.2) is 24.3 Å². The van der Waals surface area contributed by atoms with Crippen molar-refractivity contribution in [3.05, 3.63) is 24.3 Å². The van der Waals surface area contributed by atoms with E-state index in [4.69, 9.17) is 13.6 Å². The van der Waals surface area contributed by atoms with E-state index >= 15 is 0 Å². The van der Waals surface area contributed by atoms with Gasteiger partial charge in [-0.05, 0) is 88.9 Å². The van der Waals surface area contributed by atoms with Gasteiger partial charge in [-0.15, -0.1) is 0 Å². The van der Waals surface area contributed by atoms with Crippen molar-refractivity contribution in [2.24, 2.45) is 0 Å². The summed E-state index contributed by atoms with van der Waals surface area (Å²) < 4.78 is 19.4. The number of rotatable bonds is 44. The molecule has 0 amide bonds. The molecule has 0 aliphatic heterocycles. The van der Waals surface area contributed by atoms with Crippen LogP contribution in [0.25, 0.3) is 0 Å². The molecular formula is C45H91NO5SSi. The van der Waals surface area contributed by atoms with Crippen LogP contribution < -0.4 is 0 Å². The lowest BCUT2D eigenvalue weighted by molar-refractivity contribution is -0.0997. The van der Waals surface area contributed by atoms with Gasteiger partial charge in [-0.25, -0.2) is 0 Å². The number of nitrogens with zero attached hydrogens (tertiary/aromatic N) is 1. The SMILES string of the molecule is CCCCC/C=C\C/C=C\CCCCCCCCOC(CCSCCCCCCCCCCCC)O[Si](C)(C)OCCCCCCN(CCO)CCO. The van der Waals surface area contributed by atoms with E-state index in [2.05, 4.69) is 67.9 Å². The van der Waals surface area contributed by atoms with Gasteiger partial charge in [0.25, 0.3) is 0 Å². The van der Waals surface area contributed by atoms with E-state index in [9.17, 15) is 10.2 Å². The average Bonchev–Trinajstić information content (AvgIpc) is 3.14. The van der Waals surface area contributed by atoms with Crippen molar-refractivity contribution in [1.82, 2.24) is 4.90 Å². The maximum Gasteiger partial charge on any atom is 0.333 e. The van der Waals surface area contributed by atoms with Crippen LogP contribution in [0.1, 0.15) is 187 Å². The number of hydrogen-bond donors (Lipinski definition) is 2. The standard InChI is InChI=1S/C45H91NO5SSi/c1-5-7-9-11-13-15-17-18-19-20-21-22-23-25-28-32-41-49-45(35-44-52-43-34-30-26-24-16-14-12-10-8-6-2)51-53(3,4)50-42-33-29-27-31-36-46(37-39-47)38-40-48/h13,15,18-19,45,47-48H,5-12,14,16-17,20-44H2,1-4H3/b15-13-,19-18-. The first-order valence-electron chi connectivity index (χ1n) is 22.7. The largest absolute Gasteiger partial charge is 0.395 e. The van der Waals surface area contributed by atoms with Gasteiger partial charge in [-0.1, -0.05) is 147 Å². The van der Waals surface area contributed by atoms with Gasteiger partial charge in [-0.2, -0.15) is 11.8 Å². The number of aliphatic hydroxyl groups is 2. The number of allylic oxidation sites excluding steroid dienone is 4. The van der Waals surface area contributed by atoms with Gasteiger partial charge in [0, 0.05) is 32.7 Å². The molecule has 0 bridgehead atoms. The van der Waals surface area contributed by atoms with Gasteiger partial charge < -0.3 is 23.8 Å². The van der Waals surface area contributed by atoms with E-state index in [1.807, 2.05) is 0 Å². The second-order valence-corrected chi connectivity index (χ2v) is 20.1. The Morgan fingerprint density at radius 2 is 1.04 bits per heavy atom. The second kappa shape index (κ2) is 42.9. The van der Waals surface area contributed by atoms with Gasteiger partial charge in [-0.3, -0.25) is 4.90 Å². The molecule has 1 atom stereocenters. The van der Waals surface area contributed by atoms with Crippen LogP contribution in [0.2, 0.25) is 13.1 Å². The van der Waals surface area contributed by atoms with Crippen molar-refractivity contribution >= 4 is 20.3 Å². The minimum atomic E-state index is -2.30. The molecule has 0 saturated heterocycles. The van der Waals surface area contributed by atoms with Crippen LogP contribution in [0.4, 0.5) is 0 Å². The molecule has 8 heteroatoms. The van der Waals surface area contributed by atoms with E-state index in [0.29, 0.717) is 13.1 Å². The number of hydrogen-bond acceptors (Lipinski definition) is 7. The topological polar surface area (TPSA) is 71.4 Å². The molecule has 6 nitrogen and oxygen atoms in total. The highest BCUT2D eigenvalue weighted by Gasteiger charge is 2.29. The van der Waals surface area contributed by atoms with E-state index < -0.39 is 8.56 Å². The maximum absolute atomic E-state index is 9.21. The van der Waals surface area contributed by atoms with Gasteiger partial charge >= 0.3 is 8.56 Å². The molecule has 0 rings (SSSR count). The van der Waals surface area contributed by atoms with Gasteiger partial charge in [0.05, 0.1) is 13.2 Å². The Hall–Kier alpha value is -0.193. The quantitative estimate of drug-likeness (QED) is 0.0276. The van der Waals surface area contributed by atoms with Crippen molar-refractivity contribution in [3.8, 4) is 0 Å². The third-order valence-corrected chi connectivity index (χ3v) is 12.7. The number of thioether (sulfide) groups is 1. The molecule has 0 radical (unpaired) electrons. The summed E-state index contributed by atoms with van der Waals surface area (Å²) in [4.78, 5) is 2.13. The highest BCUT2D eigenvalue weighted by Crippen LogP contribution is 2.19. The smallest absolute Gasteiger partial charge is 0.333 e. The van der Waals surface area contributed by atoms with Crippen LogP contribution in [-0.2, 0) is 13.6 Å². The summed E-state index contributed by atoms with van der Waals surface area (Å²) in [7, 11) is -2.30. The zero-order chi connectivity index (χ0) is 38.8. The fraction of sp³-hybridized carbons (Fsp3) is 0.911. The first-order chi connectivity index (χ1) is 26.0. The average molecular weight is 786 g/mol. The summed E-state index contributed by atoms with van der Waals surface area (Å²) in [6.45, 7) is 12.9. The fourth-order valence-electron chi connectivity index (χ4n) is 6.53. The Labute approximate surface area is 336 Å². The molecule has 0 fully saturated rings. The highest BCUT2D eigenvalue weighted by molar-refractivity contribution is 7.99. The predicted molar refractivity (Wildman–Crippen MR) is 236 cm³/mol. The zero-order valence-corrected chi connectivity index (χ0v) is 37.6. The summed E-state index contributed by atoms with van der Waals surface area (Å²) in [6.07, 6.45) is 43.5. The molecule has 0 aromatic heterocycles. The molecule has 0 aromatic rings. The highest BCUT2D eigenvalue weighted by atomic mass is 32.2. The van der Waals surface area contributed by atoms with Gasteiger partial charge in [0.2, 0.25) is 0 Å². The van der Waals surface area contributed by atoms with Crippen LogP contribution in [0.3, 0.4) is 0 Å². The summed E-state index contributed by atoms with van der Waals surface area (Å²) in [5.41, 5.74) is 0. The lowest BCUT2D eigenvalue weighted by Crippen LogP contribution is -2.40. The second-order valence-electron chi connectivity index (χ2n) is 15.5. The van der Waals surface area contributed by atoms with Crippen LogP contribution in [0, 0.1) is 0 Å². The van der Waals surface area contributed by atoms with Crippen molar-refractivity contribution in [2.45, 2.75) is 207 Å². The third kappa shape index (κ3) is 41.3. The van der Waals surface area contributed by atoms with Gasteiger partial charge in [0.15, 0.2) is 0 Å². The number of unbranched alkanes of at least 4 members (excludes halogenated alkanes) is 21. The summed E-state index contributed by atoms with van der Waals surface area (Å²) in [5.74, 6) is 2.32. The molecule has 0 heterocycles. The maximum atomic E-state index is 9.21. The molecule has 1 unspecified atom stereocenters. The minimum absolute atomic E-state index is 0.145. The Morgan fingerprint density at radius 3 is 1.64 bits per heavy atom. The molecule has 0 spiro atoms. The molecular weight excluding hydrogens is 695 g/mol. The normalized spacial score (nSPS) is 13.0. The molecule has 316 valence electrons. The van der Waals surface area contributed by atoms with Crippen LogP contribution in [-0.4, -0.2) is 87.5 Å². The Morgan fingerprint density at radius 1 is 0.547 bits per heavy atom.